The summed E-state index contributed by atoms with van der Waals surface area (Å²) in [5.74, 6) is 3.98. The van der Waals surface area contributed by atoms with Crippen molar-refractivity contribution in [2.75, 3.05) is 13.6 Å². The van der Waals surface area contributed by atoms with E-state index < -0.39 is 0 Å². The molecule has 4 bridgehead atoms. The third-order valence-electron chi connectivity index (χ3n) is 6.58. The molecule has 1 N–H and O–H groups in total. The van der Waals surface area contributed by atoms with Gasteiger partial charge in [0, 0.05) is 13.1 Å². The van der Waals surface area contributed by atoms with E-state index in [1.54, 1.807) is 0 Å². The van der Waals surface area contributed by atoms with Crippen LogP contribution in [0.4, 0.5) is 0 Å². The van der Waals surface area contributed by atoms with Crippen molar-refractivity contribution in [1.29, 1.82) is 0 Å². The molecule has 1 heterocycles. The Balaban J connectivity index is 1.47. The number of piperidine rings is 1. The third-order valence-corrected chi connectivity index (χ3v) is 6.58. The van der Waals surface area contributed by atoms with Crippen LogP contribution in [0.5, 0.6) is 0 Å². The van der Waals surface area contributed by atoms with Gasteiger partial charge in [-0.05, 0) is 75.2 Å². The molecule has 0 aromatic rings. The predicted molar refractivity (Wildman–Crippen MR) is 79.2 cm³/mol. The minimum atomic E-state index is 0.103. The first-order chi connectivity index (χ1) is 9.72. The molecule has 1 aliphatic heterocycles. The Kier molecular flexibility index (Phi) is 3.29. The second-order valence-electron chi connectivity index (χ2n) is 7.87. The molecule has 1 amide bonds. The van der Waals surface area contributed by atoms with E-state index >= 15 is 0 Å². The highest BCUT2D eigenvalue weighted by Gasteiger charge is 2.50. The summed E-state index contributed by atoms with van der Waals surface area (Å²) >= 11 is 0. The summed E-state index contributed by atoms with van der Waals surface area (Å²) in [5.41, 5.74) is 0. The van der Waals surface area contributed by atoms with Crippen LogP contribution in [0.25, 0.3) is 0 Å². The summed E-state index contributed by atoms with van der Waals surface area (Å²) in [6.45, 7) is 1.02. The molecule has 4 aliphatic carbocycles. The summed E-state index contributed by atoms with van der Waals surface area (Å²) in [6.07, 6.45) is 10.5. The Morgan fingerprint density at radius 3 is 2.20 bits per heavy atom. The van der Waals surface area contributed by atoms with Gasteiger partial charge in [0.25, 0.3) is 0 Å². The number of hydrogen-bond acceptors (Lipinski definition) is 2. The van der Waals surface area contributed by atoms with Crippen molar-refractivity contribution >= 4 is 5.91 Å². The molecule has 5 rings (SSSR count). The van der Waals surface area contributed by atoms with Gasteiger partial charge in [0.1, 0.15) is 0 Å². The van der Waals surface area contributed by atoms with Crippen LogP contribution in [0.15, 0.2) is 0 Å². The van der Waals surface area contributed by atoms with Gasteiger partial charge in [0.05, 0.1) is 6.04 Å². The number of hydrogen-bond donors (Lipinski definition) is 1. The number of carbonyl (C=O) groups excluding carboxylic acids is 1. The molecule has 20 heavy (non-hydrogen) atoms. The summed E-state index contributed by atoms with van der Waals surface area (Å²) in [5, 5.41) is 3.43. The second-order valence-corrected chi connectivity index (χ2v) is 7.87. The van der Waals surface area contributed by atoms with E-state index in [9.17, 15) is 4.79 Å². The molecule has 5 fully saturated rings. The molecular formula is C17H28N2O. The van der Waals surface area contributed by atoms with Gasteiger partial charge in [-0.15, -0.1) is 0 Å². The van der Waals surface area contributed by atoms with Gasteiger partial charge >= 0.3 is 0 Å². The second kappa shape index (κ2) is 5.01. The van der Waals surface area contributed by atoms with Gasteiger partial charge in [-0.25, -0.2) is 0 Å². The maximum atomic E-state index is 12.8. The molecule has 4 saturated carbocycles. The average Bonchev–Trinajstić information content (AvgIpc) is 2.46. The van der Waals surface area contributed by atoms with Gasteiger partial charge in [-0.1, -0.05) is 6.42 Å². The van der Waals surface area contributed by atoms with Crippen molar-refractivity contribution in [1.82, 2.24) is 10.2 Å². The first-order valence-corrected chi connectivity index (χ1v) is 8.72. The van der Waals surface area contributed by atoms with E-state index in [1.165, 1.54) is 44.9 Å². The lowest BCUT2D eigenvalue weighted by Gasteiger charge is -2.56. The minimum absolute atomic E-state index is 0.103. The maximum Gasteiger partial charge on any atom is 0.239 e. The Morgan fingerprint density at radius 2 is 1.65 bits per heavy atom. The smallest absolute Gasteiger partial charge is 0.239 e. The minimum Gasteiger partial charge on any atom is -0.341 e. The highest BCUT2D eigenvalue weighted by atomic mass is 16.2. The van der Waals surface area contributed by atoms with Gasteiger partial charge in [0.15, 0.2) is 0 Å². The van der Waals surface area contributed by atoms with E-state index in [1.807, 2.05) is 0 Å². The molecule has 0 aromatic carbocycles. The van der Waals surface area contributed by atoms with Crippen molar-refractivity contribution in [3.8, 4) is 0 Å². The van der Waals surface area contributed by atoms with Crippen molar-refractivity contribution in [2.24, 2.45) is 23.7 Å². The number of likely N-dealkylation sites (N-methyl/N-ethyl adjacent to an activating group) is 1. The van der Waals surface area contributed by atoms with Crippen LogP contribution < -0.4 is 5.32 Å². The summed E-state index contributed by atoms with van der Waals surface area (Å²) in [6, 6.07) is 0.657. The third kappa shape index (κ3) is 2.09. The SMILES string of the molecule is CN(C(=O)C1CCCCN1)C1C2CC3CC(C2)CC1C3. The van der Waals surface area contributed by atoms with Crippen molar-refractivity contribution in [3.63, 3.8) is 0 Å². The Bertz CT molecular complexity index is 360. The molecule has 0 radical (unpaired) electrons. The van der Waals surface area contributed by atoms with Gasteiger partial charge in [0.2, 0.25) is 5.91 Å². The van der Waals surface area contributed by atoms with Crippen LogP contribution in [0.3, 0.4) is 0 Å². The fourth-order valence-corrected chi connectivity index (χ4v) is 5.98. The molecule has 3 nitrogen and oxygen atoms in total. The van der Waals surface area contributed by atoms with E-state index in [-0.39, 0.29) is 6.04 Å². The zero-order valence-corrected chi connectivity index (χ0v) is 12.7. The lowest BCUT2D eigenvalue weighted by atomic mass is 9.54. The molecule has 1 saturated heterocycles. The van der Waals surface area contributed by atoms with Crippen LogP contribution in [0, 0.1) is 23.7 Å². The Hall–Kier alpha value is -0.570. The zero-order chi connectivity index (χ0) is 13.7. The maximum absolute atomic E-state index is 12.8. The molecule has 112 valence electrons. The molecule has 0 aromatic heterocycles. The van der Waals surface area contributed by atoms with Crippen LogP contribution >= 0.6 is 0 Å². The fourth-order valence-electron chi connectivity index (χ4n) is 5.98. The van der Waals surface area contributed by atoms with Gasteiger partial charge in [-0.2, -0.15) is 0 Å². The molecule has 1 atom stereocenters. The molecule has 5 aliphatic rings. The topological polar surface area (TPSA) is 32.3 Å². The Morgan fingerprint density at radius 1 is 1.00 bits per heavy atom. The van der Waals surface area contributed by atoms with Crippen molar-refractivity contribution < 1.29 is 4.79 Å². The first-order valence-electron chi connectivity index (χ1n) is 8.72. The highest BCUT2D eigenvalue weighted by molar-refractivity contribution is 5.82. The van der Waals surface area contributed by atoms with Crippen molar-refractivity contribution in [2.45, 2.75) is 63.5 Å². The number of amides is 1. The number of rotatable bonds is 2. The normalized spacial score (nSPS) is 46.5. The quantitative estimate of drug-likeness (QED) is 0.840. The standard InChI is InChI=1S/C17H28N2O/c1-19(17(20)15-4-2-3-5-18-15)16-13-7-11-6-12(9-13)10-14(16)8-11/h11-16,18H,2-10H2,1H3. The highest BCUT2D eigenvalue weighted by Crippen LogP contribution is 2.55. The average molecular weight is 276 g/mol. The molecule has 1 unspecified atom stereocenters. The first kappa shape index (κ1) is 13.1. The van der Waals surface area contributed by atoms with E-state index in [2.05, 4.69) is 17.3 Å². The largest absolute Gasteiger partial charge is 0.341 e. The van der Waals surface area contributed by atoms with Crippen LogP contribution in [-0.2, 0) is 4.79 Å². The molecule has 0 spiro atoms. The summed E-state index contributed by atoms with van der Waals surface area (Å²) in [7, 11) is 2.09. The van der Waals surface area contributed by atoms with Crippen LogP contribution in [-0.4, -0.2) is 36.5 Å². The number of nitrogens with zero attached hydrogens (tertiary/aromatic N) is 1. The molecule has 3 heteroatoms. The zero-order valence-electron chi connectivity index (χ0n) is 12.7. The lowest BCUT2D eigenvalue weighted by Crippen LogP contribution is -2.59. The lowest BCUT2D eigenvalue weighted by molar-refractivity contribution is -0.143. The fraction of sp³-hybridized carbons (Fsp3) is 0.941. The van der Waals surface area contributed by atoms with Crippen LogP contribution in [0.1, 0.15) is 51.4 Å². The molecular weight excluding hydrogens is 248 g/mol. The number of nitrogens with one attached hydrogen (secondary N) is 1. The summed E-state index contributed by atoms with van der Waals surface area (Å²) < 4.78 is 0. The monoisotopic (exact) mass is 276 g/mol. The van der Waals surface area contributed by atoms with Gasteiger partial charge in [-0.3, -0.25) is 4.79 Å². The van der Waals surface area contributed by atoms with Gasteiger partial charge < -0.3 is 10.2 Å². The Labute approximate surface area is 122 Å². The van der Waals surface area contributed by atoms with Crippen molar-refractivity contribution in [3.05, 3.63) is 0 Å². The predicted octanol–water partition coefficient (Wildman–Crippen LogP) is 2.41. The summed E-state index contributed by atoms with van der Waals surface area (Å²) in [4.78, 5) is 14.9. The van der Waals surface area contributed by atoms with E-state index in [0.29, 0.717) is 11.9 Å². The van der Waals surface area contributed by atoms with E-state index in [0.717, 1.165) is 36.6 Å². The van der Waals surface area contributed by atoms with E-state index in [4.69, 9.17) is 0 Å². The van der Waals surface area contributed by atoms with Crippen LogP contribution in [0.2, 0.25) is 0 Å². The number of carbonyl (C=O) groups is 1.